The number of rotatable bonds is 8. The molecule has 102 valence electrons. The fraction of sp³-hybridized carbons (Fsp3) is 0.600. The molecule has 3 nitrogen and oxygen atoms in total. The van der Waals surface area contributed by atoms with Crippen molar-refractivity contribution in [2.75, 3.05) is 13.1 Å². The zero-order chi connectivity index (χ0) is 13.4. The van der Waals surface area contributed by atoms with Gasteiger partial charge in [0.15, 0.2) is 0 Å². The van der Waals surface area contributed by atoms with Gasteiger partial charge in [-0.25, -0.2) is 0 Å². The van der Waals surface area contributed by atoms with Gasteiger partial charge in [0.1, 0.15) is 0 Å². The van der Waals surface area contributed by atoms with E-state index >= 15 is 0 Å². The SMILES string of the molecule is CCC(CC)C(O)CNCC(O)c1ccccc1. The summed E-state index contributed by atoms with van der Waals surface area (Å²) in [5.41, 5.74) is 0.905. The van der Waals surface area contributed by atoms with Gasteiger partial charge in [0, 0.05) is 13.1 Å². The van der Waals surface area contributed by atoms with Crippen LogP contribution in [0.15, 0.2) is 30.3 Å². The molecule has 3 heteroatoms. The van der Waals surface area contributed by atoms with Gasteiger partial charge < -0.3 is 15.5 Å². The van der Waals surface area contributed by atoms with Crippen molar-refractivity contribution in [3.8, 4) is 0 Å². The van der Waals surface area contributed by atoms with Crippen molar-refractivity contribution in [1.29, 1.82) is 0 Å². The highest BCUT2D eigenvalue weighted by atomic mass is 16.3. The Morgan fingerprint density at radius 2 is 1.61 bits per heavy atom. The Hall–Kier alpha value is -0.900. The third kappa shape index (κ3) is 4.77. The lowest BCUT2D eigenvalue weighted by atomic mass is 9.96. The summed E-state index contributed by atoms with van der Waals surface area (Å²) in [7, 11) is 0. The predicted octanol–water partition coefficient (Wildman–Crippen LogP) is 2.11. The molecule has 0 aliphatic heterocycles. The third-order valence-corrected chi connectivity index (χ3v) is 3.47. The van der Waals surface area contributed by atoms with Crippen LogP contribution < -0.4 is 5.32 Å². The van der Waals surface area contributed by atoms with Crippen molar-refractivity contribution >= 4 is 0 Å². The van der Waals surface area contributed by atoms with Crippen LogP contribution in [0, 0.1) is 5.92 Å². The Bertz CT molecular complexity index is 312. The first-order valence-corrected chi connectivity index (χ1v) is 6.80. The van der Waals surface area contributed by atoms with Crippen molar-refractivity contribution in [2.24, 2.45) is 5.92 Å². The van der Waals surface area contributed by atoms with Crippen LogP contribution in [0.4, 0.5) is 0 Å². The Labute approximate surface area is 110 Å². The average Bonchev–Trinajstić information content (AvgIpc) is 2.41. The van der Waals surface area contributed by atoms with Crippen LogP contribution in [0.3, 0.4) is 0 Å². The van der Waals surface area contributed by atoms with Gasteiger partial charge >= 0.3 is 0 Å². The van der Waals surface area contributed by atoms with Crippen molar-refractivity contribution in [2.45, 2.75) is 38.9 Å². The van der Waals surface area contributed by atoms with Crippen molar-refractivity contribution in [3.63, 3.8) is 0 Å². The van der Waals surface area contributed by atoms with Gasteiger partial charge in [0.05, 0.1) is 12.2 Å². The summed E-state index contributed by atoms with van der Waals surface area (Å²) in [6.07, 6.45) is 1.13. The van der Waals surface area contributed by atoms with Gasteiger partial charge in [-0.1, -0.05) is 57.0 Å². The van der Waals surface area contributed by atoms with Gasteiger partial charge in [0.25, 0.3) is 0 Å². The fourth-order valence-electron chi connectivity index (χ4n) is 2.16. The van der Waals surface area contributed by atoms with Gasteiger partial charge in [-0.2, -0.15) is 0 Å². The number of hydrogen-bond acceptors (Lipinski definition) is 3. The van der Waals surface area contributed by atoms with Crippen LogP contribution in [-0.4, -0.2) is 29.4 Å². The second-order valence-electron chi connectivity index (χ2n) is 4.73. The monoisotopic (exact) mass is 251 g/mol. The highest BCUT2D eigenvalue weighted by Crippen LogP contribution is 2.13. The van der Waals surface area contributed by atoms with E-state index < -0.39 is 6.10 Å². The summed E-state index contributed by atoms with van der Waals surface area (Å²) in [4.78, 5) is 0. The standard InChI is InChI=1S/C15H25NO2/c1-3-12(4-2)14(17)10-16-11-15(18)13-8-6-5-7-9-13/h5-9,12,14-18H,3-4,10-11H2,1-2H3. The lowest BCUT2D eigenvalue weighted by Gasteiger charge is -2.21. The number of aliphatic hydroxyl groups is 2. The van der Waals surface area contributed by atoms with Crippen molar-refractivity contribution < 1.29 is 10.2 Å². The van der Waals surface area contributed by atoms with Crippen LogP contribution in [-0.2, 0) is 0 Å². The second kappa shape index (κ2) is 8.25. The maximum atomic E-state index is 9.95. The molecule has 0 heterocycles. The lowest BCUT2D eigenvalue weighted by molar-refractivity contribution is 0.0945. The summed E-state index contributed by atoms with van der Waals surface area (Å²) in [6.45, 7) is 5.20. The summed E-state index contributed by atoms with van der Waals surface area (Å²) < 4.78 is 0. The number of aliphatic hydroxyl groups excluding tert-OH is 2. The van der Waals surface area contributed by atoms with Crippen molar-refractivity contribution in [3.05, 3.63) is 35.9 Å². The zero-order valence-corrected chi connectivity index (χ0v) is 11.3. The molecular formula is C15H25NO2. The molecule has 0 bridgehead atoms. The van der Waals surface area contributed by atoms with E-state index in [0.717, 1.165) is 18.4 Å². The van der Waals surface area contributed by atoms with E-state index in [0.29, 0.717) is 19.0 Å². The van der Waals surface area contributed by atoms with E-state index in [1.165, 1.54) is 0 Å². The lowest BCUT2D eigenvalue weighted by Crippen LogP contribution is -2.34. The number of benzene rings is 1. The molecule has 0 fully saturated rings. The quantitative estimate of drug-likeness (QED) is 0.663. The summed E-state index contributed by atoms with van der Waals surface area (Å²) in [6, 6.07) is 9.57. The first kappa shape index (κ1) is 15.2. The number of hydrogen-bond donors (Lipinski definition) is 3. The first-order chi connectivity index (χ1) is 8.69. The fourth-order valence-corrected chi connectivity index (χ4v) is 2.16. The highest BCUT2D eigenvalue weighted by molar-refractivity contribution is 5.17. The molecule has 1 aromatic rings. The molecular weight excluding hydrogens is 226 g/mol. The van der Waals surface area contributed by atoms with Crippen LogP contribution in [0.5, 0.6) is 0 Å². The Morgan fingerprint density at radius 3 is 2.17 bits per heavy atom. The summed E-state index contributed by atoms with van der Waals surface area (Å²) in [5, 5.41) is 23.0. The topological polar surface area (TPSA) is 52.5 Å². The normalized spacial score (nSPS) is 14.7. The molecule has 0 saturated heterocycles. The van der Waals surface area contributed by atoms with Crippen molar-refractivity contribution in [1.82, 2.24) is 5.32 Å². The second-order valence-corrected chi connectivity index (χ2v) is 4.73. The van der Waals surface area contributed by atoms with E-state index in [4.69, 9.17) is 0 Å². The molecule has 2 unspecified atom stereocenters. The van der Waals surface area contributed by atoms with E-state index in [1.807, 2.05) is 30.3 Å². The van der Waals surface area contributed by atoms with Gasteiger partial charge in [-0.15, -0.1) is 0 Å². The maximum absolute atomic E-state index is 9.95. The highest BCUT2D eigenvalue weighted by Gasteiger charge is 2.15. The van der Waals surface area contributed by atoms with Crippen LogP contribution >= 0.6 is 0 Å². The minimum Gasteiger partial charge on any atom is -0.392 e. The third-order valence-electron chi connectivity index (χ3n) is 3.47. The Balaban J connectivity index is 2.29. The molecule has 0 radical (unpaired) electrons. The van der Waals surface area contributed by atoms with Crippen LogP contribution in [0.2, 0.25) is 0 Å². The molecule has 1 rings (SSSR count). The zero-order valence-electron chi connectivity index (χ0n) is 11.3. The van der Waals surface area contributed by atoms with E-state index in [-0.39, 0.29) is 6.10 Å². The van der Waals surface area contributed by atoms with E-state index in [2.05, 4.69) is 19.2 Å². The smallest absolute Gasteiger partial charge is 0.0914 e. The van der Waals surface area contributed by atoms with Crippen LogP contribution in [0.1, 0.15) is 38.4 Å². The van der Waals surface area contributed by atoms with Gasteiger partial charge in [-0.3, -0.25) is 0 Å². The predicted molar refractivity (Wildman–Crippen MR) is 74.4 cm³/mol. The molecule has 18 heavy (non-hydrogen) atoms. The van der Waals surface area contributed by atoms with E-state index in [9.17, 15) is 10.2 Å². The van der Waals surface area contributed by atoms with Gasteiger partial charge in [0.2, 0.25) is 0 Å². The first-order valence-electron chi connectivity index (χ1n) is 6.80. The van der Waals surface area contributed by atoms with E-state index in [1.54, 1.807) is 0 Å². The molecule has 2 atom stereocenters. The Morgan fingerprint density at radius 1 is 1.00 bits per heavy atom. The minimum atomic E-state index is -0.514. The summed E-state index contributed by atoms with van der Waals surface area (Å²) >= 11 is 0. The number of nitrogens with one attached hydrogen (secondary N) is 1. The molecule has 0 aromatic heterocycles. The largest absolute Gasteiger partial charge is 0.392 e. The summed E-state index contributed by atoms with van der Waals surface area (Å²) in [5.74, 6) is 0.339. The molecule has 0 amide bonds. The molecule has 0 saturated carbocycles. The minimum absolute atomic E-state index is 0.331. The van der Waals surface area contributed by atoms with Gasteiger partial charge in [-0.05, 0) is 11.5 Å². The average molecular weight is 251 g/mol. The van der Waals surface area contributed by atoms with Crippen LogP contribution in [0.25, 0.3) is 0 Å². The molecule has 1 aromatic carbocycles. The molecule has 0 spiro atoms. The maximum Gasteiger partial charge on any atom is 0.0914 e. The molecule has 0 aliphatic carbocycles. The Kier molecular flexibility index (Phi) is 6.94. The molecule has 0 aliphatic rings. The molecule has 3 N–H and O–H groups in total.